The first-order chi connectivity index (χ1) is 16.5. The highest BCUT2D eigenvalue weighted by Gasteiger charge is 2.28. The molecule has 9 heteroatoms. The zero-order valence-electron chi connectivity index (χ0n) is 18.3. The fraction of sp³-hybridized carbons (Fsp3) is 0.240. The monoisotopic (exact) mass is 464 g/mol. The molecule has 0 atom stereocenters. The molecule has 0 unspecified atom stereocenters. The number of carbonyl (C=O) groups excluding carboxylic acids is 2. The standard InChI is InChI=1S/C25H22F2N4O3/c26-19-4-6-22-18(13-19)14-28-16-31(22)15-17-3-5-21(27)20(12-17)24(32)29-7-9-30(10-8-29)25(33)23-2-1-11-34-23/h1-6,11-14H,7-10,15-16H2. The van der Waals surface area contributed by atoms with E-state index in [1.807, 2.05) is 4.90 Å². The SMILES string of the molecule is O=C(c1ccco1)N1CCN(C(=O)c2cc(CN3CN=Cc4cc(F)ccc43)ccc2F)CC1. The van der Waals surface area contributed by atoms with Crippen LogP contribution in [-0.2, 0) is 6.54 Å². The van der Waals surface area contributed by atoms with E-state index in [0.29, 0.717) is 45.0 Å². The van der Waals surface area contributed by atoms with Crippen molar-refractivity contribution >= 4 is 23.7 Å². The molecule has 2 aliphatic heterocycles. The van der Waals surface area contributed by atoms with Crippen molar-refractivity contribution < 1.29 is 22.8 Å². The van der Waals surface area contributed by atoms with Gasteiger partial charge in [0, 0.05) is 50.2 Å². The number of carbonyl (C=O) groups is 2. The van der Waals surface area contributed by atoms with Crippen molar-refractivity contribution in [1.82, 2.24) is 9.80 Å². The summed E-state index contributed by atoms with van der Waals surface area (Å²) < 4.78 is 33.3. The summed E-state index contributed by atoms with van der Waals surface area (Å²) in [5, 5.41) is 0. The molecule has 2 aliphatic rings. The van der Waals surface area contributed by atoms with Crippen molar-refractivity contribution in [2.75, 3.05) is 37.7 Å². The van der Waals surface area contributed by atoms with E-state index in [2.05, 4.69) is 4.99 Å². The van der Waals surface area contributed by atoms with E-state index in [0.717, 1.165) is 11.3 Å². The molecule has 3 heterocycles. The number of furan rings is 1. The Balaban J connectivity index is 1.28. The summed E-state index contributed by atoms with van der Waals surface area (Å²) in [7, 11) is 0. The zero-order valence-corrected chi connectivity index (χ0v) is 18.3. The van der Waals surface area contributed by atoms with Gasteiger partial charge in [-0.2, -0.15) is 0 Å². The smallest absolute Gasteiger partial charge is 0.289 e. The van der Waals surface area contributed by atoms with E-state index in [-0.39, 0.29) is 23.0 Å². The Morgan fingerprint density at radius 1 is 0.941 bits per heavy atom. The van der Waals surface area contributed by atoms with Gasteiger partial charge in [0.1, 0.15) is 18.3 Å². The number of amides is 2. The van der Waals surface area contributed by atoms with Gasteiger partial charge in [0.2, 0.25) is 0 Å². The van der Waals surface area contributed by atoms with Gasteiger partial charge in [-0.15, -0.1) is 0 Å². The summed E-state index contributed by atoms with van der Waals surface area (Å²) >= 11 is 0. The van der Waals surface area contributed by atoms with Gasteiger partial charge < -0.3 is 19.1 Å². The molecule has 34 heavy (non-hydrogen) atoms. The minimum absolute atomic E-state index is 0.0110. The van der Waals surface area contributed by atoms with E-state index in [1.54, 1.807) is 46.3 Å². The van der Waals surface area contributed by atoms with Gasteiger partial charge in [0.25, 0.3) is 11.8 Å². The van der Waals surface area contributed by atoms with Crippen molar-refractivity contribution in [2.24, 2.45) is 4.99 Å². The van der Waals surface area contributed by atoms with Crippen LogP contribution in [0.2, 0.25) is 0 Å². The normalized spacial score (nSPS) is 15.4. The number of nitrogens with zero attached hydrogens (tertiary/aromatic N) is 4. The molecule has 0 radical (unpaired) electrons. The van der Waals surface area contributed by atoms with Crippen LogP contribution in [0.5, 0.6) is 0 Å². The topological polar surface area (TPSA) is 69.4 Å². The number of halogens is 2. The summed E-state index contributed by atoms with van der Waals surface area (Å²) in [4.78, 5) is 34.9. The van der Waals surface area contributed by atoms with Crippen LogP contribution in [0.25, 0.3) is 0 Å². The molecular formula is C25H22F2N4O3. The second-order valence-electron chi connectivity index (χ2n) is 8.23. The van der Waals surface area contributed by atoms with Crippen LogP contribution in [0.15, 0.2) is 64.2 Å². The van der Waals surface area contributed by atoms with Crippen molar-refractivity contribution in [2.45, 2.75) is 6.54 Å². The predicted octanol–water partition coefficient (Wildman–Crippen LogP) is 3.55. The molecule has 1 fully saturated rings. The molecule has 2 amide bonds. The summed E-state index contributed by atoms with van der Waals surface area (Å²) in [5.74, 6) is -1.32. The molecule has 0 N–H and O–H groups in total. The molecular weight excluding hydrogens is 442 g/mol. The van der Waals surface area contributed by atoms with Crippen LogP contribution < -0.4 is 4.90 Å². The fourth-order valence-electron chi connectivity index (χ4n) is 4.26. The van der Waals surface area contributed by atoms with Gasteiger partial charge >= 0.3 is 0 Å². The Hall–Kier alpha value is -4.01. The first-order valence-corrected chi connectivity index (χ1v) is 10.9. The highest BCUT2D eigenvalue weighted by Crippen LogP contribution is 2.26. The summed E-state index contributed by atoms with van der Waals surface area (Å²) in [6.45, 7) is 2.05. The summed E-state index contributed by atoms with van der Waals surface area (Å²) in [5.41, 5.74) is 2.23. The summed E-state index contributed by atoms with van der Waals surface area (Å²) in [6.07, 6.45) is 3.07. The fourth-order valence-corrected chi connectivity index (χ4v) is 4.26. The number of hydrogen-bond donors (Lipinski definition) is 0. The maximum Gasteiger partial charge on any atom is 0.289 e. The Bertz CT molecular complexity index is 1250. The average molecular weight is 464 g/mol. The number of fused-ring (bicyclic) bond motifs is 1. The highest BCUT2D eigenvalue weighted by atomic mass is 19.1. The van der Waals surface area contributed by atoms with Crippen molar-refractivity contribution in [3.05, 3.63) is 88.9 Å². The number of hydrogen-bond acceptors (Lipinski definition) is 5. The van der Waals surface area contributed by atoms with E-state index in [4.69, 9.17) is 4.42 Å². The van der Waals surface area contributed by atoms with E-state index >= 15 is 0 Å². The third kappa shape index (κ3) is 4.28. The lowest BCUT2D eigenvalue weighted by molar-refractivity contribution is 0.0515. The molecule has 3 aromatic rings. The predicted molar refractivity (Wildman–Crippen MR) is 122 cm³/mol. The lowest BCUT2D eigenvalue weighted by Gasteiger charge is -2.34. The van der Waals surface area contributed by atoms with Crippen LogP contribution in [0.1, 0.15) is 32.0 Å². The number of piperazine rings is 1. The van der Waals surface area contributed by atoms with E-state index in [9.17, 15) is 18.4 Å². The second kappa shape index (κ2) is 9.09. The third-order valence-electron chi connectivity index (χ3n) is 6.03. The number of rotatable bonds is 4. The van der Waals surface area contributed by atoms with Crippen LogP contribution in [0, 0.1) is 11.6 Å². The number of aliphatic imine (C=N–C) groups is 1. The maximum atomic E-state index is 14.6. The molecule has 1 saturated heterocycles. The van der Waals surface area contributed by atoms with Gasteiger partial charge in [0.05, 0.1) is 11.8 Å². The van der Waals surface area contributed by atoms with Crippen molar-refractivity contribution in [3.8, 4) is 0 Å². The molecule has 7 nitrogen and oxygen atoms in total. The second-order valence-corrected chi connectivity index (χ2v) is 8.23. The average Bonchev–Trinajstić information content (AvgIpc) is 3.39. The lowest BCUT2D eigenvalue weighted by Crippen LogP contribution is -2.50. The minimum Gasteiger partial charge on any atom is -0.459 e. The molecule has 0 spiro atoms. The van der Waals surface area contributed by atoms with Gasteiger partial charge in [-0.25, -0.2) is 8.78 Å². The zero-order chi connectivity index (χ0) is 23.7. The molecule has 0 aliphatic carbocycles. The van der Waals surface area contributed by atoms with E-state index in [1.165, 1.54) is 24.5 Å². The Labute approximate surface area is 194 Å². The van der Waals surface area contributed by atoms with Gasteiger partial charge in [-0.3, -0.25) is 14.6 Å². The minimum atomic E-state index is -0.595. The third-order valence-corrected chi connectivity index (χ3v) is 6.03. The first-order valence-electron chi connectivity index (χ1n) is 10.9. The maximum absolute atomic E-state index is 14.6. The first kappa shape index (κ1) is 21.8. The molecule has 1 aromatic heterocycles. The molecule has 0 saturated carbocycles. The number of anilines is 1. The Kier molecular flexibility index (Phi) is 5.83. The molecule has 174 valence electrons. The molecule has 0 bridgehead atoms. The summed E-state index contributed by atoms with van der Waals surface area (Å²) in [6, 6.07) is 12.2. The molecule has 5 rings (SSSR count). The largest absolute Gasteiger partial charge is 0.459 e. The van der Waals surface area contributed by atoms with Crippen LogP contribution >= 0.6 is 0 Å². The van der Waals surface area contributed by atoms with Crippen LogP contribution in [-0.4, -0.2) is 60.7 Å². The van der Waals surface area contributed by atoms with E-state index < -0.39 is 11.7 Å². The van der Waals surface area contributed by atoms with Crippen LogP contribution in [0.4, 0.5) is 14.5 Å². The lowest BCUT2D eigenvalue weighted by atomic mass is 10.1. The van der Waals surface area contributed by atoms with Gasteiger partial charge in [0.15, 0.2) is 5.76 Å². The van der Waals surface area contributed by atoms with Crippen molar-refractivity contribution in [1.29, 1.82) is 0 Å². The van der Waals surface area contributed by atoms with Gasteiger partial charge in [-0.05, 0) is 48.0 Å². The quantitative estimate of drug-likeness (QED) is 0.592. The van der Waals surface area contributed by atoms with Crippen LogP contribution in [0.3, 0.4) is 0 Å². The highest BCUT2D eigenvalue weighted by molar-refractivity contribution is 5.95. The van der Waals surface area contributed by atoms with Crippen molar-refractivity contribution in [3.63, 3.8) is 0 Å². The molecule has 2 aromatic carbocycles. The van der Waals surface area contributed by atoms with Gasteiger partial charge in [-0.1, -0.05) is 6.07 Å². The Morgan fingerprint density at radius 2 is 1.71 bits per heavy atom. The Morgan fingerprint density at radius 3 is 2.44 bits per heavy atom. The number of benzene rings is 2.